The number of hydrogen-bond acceptors (Lipinski definition) is 2. The lowest BCUT2D eigenvalue weighted by atomic mass is 9.81. The fourth-order valence-electron chi connectivity index (χ4n) is 1.54. The summed E-state index contributed by atoms with van der Waals surface area (Å²) in [6.07, 6.45) is -0.115. The molecule has 3 atom stereocenters. The van der Waals surface area contributed by atoms with Crippen LogP contribution in [0.3, 0.4) is 0 Å². The van der Waals surface area contributed by atoms with E-state index in [1.807, 2.05) is 20.8 Å². The Balaban J connectivity index is 2.75. The highest BCUT2D eigenvalue weighted by Gasteiger charge is 2.44. The van der Waals surface area contributed by atoms with Crippen molar-refractivity contribution < 1.29 is 10.2 Å². The van der Waals surface area contributed by atoms with Crippen molar-refractivity contribution in [3.8, 4) is 0 Å². The lowest BCUT2D eigenvalue weighted by Gasteiger charge is -2.27. The molecule has 1 saturated carbocycles. The van der Waals surface area contributed by atoms with Crippen molar-refractivity contribution in [1.29, 1.82) is 0 Å². The van der Waals surface area contributed by atoms with Crippen LogP contribution >= 0.6 is 0 Å². The quantitative estimate of drug-likeness (QED) is 0.527. The molecule has 10 heavy (non-hydrogen) atoms. The van der Waals surface area contributed by atoms with E-state index in [0.29, 0.717) is 6.42 Å². The summed E-state index contributed by atoms with van der Waals surface area (Å²) in [6, 6.07) is 0. The van der Waals surface area contributed by atoms with Gasteiger partial charge in [-0.15, -0.1) is 0 Å². The van der Waals surface area contributed by atoms with Gasteiger partial charge in [0.25, 0.3) is 0 Å². The van der Waals surface area contributed by atoms with Crippen molar-refractivity contribution in [3.63, 3.8) is 0 Å². The van der Waals surface area contributed by atoms with Gasteiger partial charge in [0.1, 0.15) is 0 Å². The van der Waals surface area contributed by atoms with Gasteiger partial charge in [-0.3, -0.25) is 0 Å². The molecule has 2 N–H and O–H groups in total. The molecular weight excluding hydrogens is 128 g/mol. The van der Waals surface area contributed by atoms with Crippen LogP contribution in [0, 0.1) is 11.3 Å². The number of aliphatic hydroxyl groups is 2. The summed E-state index contributed by atoms with van der Waals surface area (Å²) in [5, 5.41) is 18.8. The molecule has 0 heterocycles. The highest BCUT2D eigenvalue weighted by molar-refractivity contribution is 4.94. The maximum absolute atomic E-state index is 9.44. The van der Waals surface area contributed by atoms with Gasteiger partial charge in [0.15, 0.2) is 0 Å². The Kier molecular flexibility index (Phi) is 1.77. The summed E-state index contributed by atoms with van der Waals surface area (Å²) in [5.74, 6) is 0.211. The zero-order valence-corrected chi connectivity index (χ0v) is 6.83. The summed E-state index contributed by atoms with van der Waals surface area (Å²) in [5.41, 5.74) is -0.112. The molecule has 1 fully saturated rings. The highest BCUT2D eigenvalue weighted by atomic mass is 16.3. The smallest absolute Gasteiger partial charge is 0.0619 e. The molecule has 0 aromatic carbocycles. The van der Waals surface area contributed by atoms with Crippen LogP contribution in [0.1, 0.15) is 27.2 Å². The zero-order valence-electron chi connectivity index (χ0n) is 6.83. The van der Waals surface area contributed by atoms with Crippen molar-refractivity contribution in [2.24, 2.45) is 11.3 Å². The molecule has 0 aromatic heterocycles. The Bertz CT molecular complexity index is 131. The van der Waals surface area contributed by atoms with Crippen LogP contribution in [-0.2, 0) is 0 Å². The molecular formula is C8H16O2. The van der Waals surface area contributed by atoms with Crippen molar-refractivity contribution in [2.45, 2.75) is 39.4 Å². The van der Waals surface area contributed by atoms with Crippen molar-refractivity contribution in [2.75, 3.05) is 0 Å². The molecule has 60 valence electrons. The van der Waals surface area contributed by atoms with Gasteiger partial charge in [0.05, 0.1) is 12.2 Å². The van der Waals surface area contributed by atoms with Gasteiger partial charge in [-0.1, -0.05) is 20.8 Å². The predicted octanol–water partition coefficient (Wildman–Crippen LogP) is 0.774. The molecule has 0 saturated heterocycles. The Morgan fingerprint density at radius 2 is 1.80 bits per heavy atom. The van der Waals surface area contributed by atoms with Crippen LogP contribution in [0.5, 0.6) is 0 Å². The third-order valence-corrected chi connectivity index (χ3v) is 3.07. The monoisotopic (exact) mass is 144 g/mol. The summed E-state index contributed by atoms with van der Waals surface area (Å²) < 4.78 is 0. The van der Waals surface area contributed by atoms with E-state index in [0.717, 1.165) is 0 Å². The largest absolute Gasteiger partial charge is 0.393 e. The van der Waals surface area contributed by atoms with Crippen molar-refractivity contribution >= 4 is 0 Å². The molecule has 3 unspecified atom stereocenters. The average Bonchev–Trinajstić information content (AvgIpc) is 1.97. The Hall–Kier alpha value is -0.0800. The normalized spacial score (nSPS) is 45.9. The van der Waals surface area contributed by atoms with Gasteiger partial charge >= 0.3 is 0 Å². The average molecular weight is 144 g/mol. The summed E-state index contributed by atoms with van der Waals surface area (Å²) in [7, 11) is 0. The van der Waals surface area contributed by atoms with Crippen molar-refractivity contribution in [3.05, 3.63) is 0 Å². The summed E-state index contributed by atoms with van der Waals surface area (Å²) >= 11 is 0. The van der Waals surface area contributed by atoms with Crippen LogP contribution in [0.15, 0.2) is 0 Å². The molecule has 0 spiro atoms. The van der Waals surface area contributed by atoms with Gasteiger partial charge < -0.3 is 10.2 Å². The van der Waals surface area contributed by atoms with E-state index >= 15 is 0 Å². The first-order valence-electron chi connectivity index (χ1n) is 3.82. The minimum absolute atomic E-state index is 0.112. The number of rotatable bonds is 0. The second kappa shape index (κ2) is 2.21. The molecule has 0 amide bonds. The van der Waals surface area contributed by atoms with Crippen LogP contribution in [0.2, 0.25) is 0 Å². The summed E-state index contributed by atoms with van der Waals surface area (Å²) in [6.45, 7) is 5.98. The molecule has 0 aliphatic heterocycles. The van der Waals surface area contributed by atoms with Gasteiger partial charge in [-0.2, -0.15) is 0 Å². The SMILES string of the molecule is CC1C(O)CC(O)C1(C)C. The van der Waals surface area contributed by atoms with Gasteiger partial charge in [0, 0.05) is 6.42 Å². The Morgan fingerprint density at radius 3 is 1.90 bits per heavy atom. The molecule has 1 rings (SSSR count). The maximum atomic E-state index is 9.44. The minimum Gasteiger partial charge on any atom is -0.393 e. The van der Waals surface area contributed by atoms with Crippen LogP contribution in [-0.4, -0.2) is 22.4 Å². The topological polar surface area (TPSA) is 40.5 Å². The standard InChI is InChI=1S/C8H16O2/c1-5-6(9)4-7(10)8(5,2)3/h5-7,9-10H,4H2,1-3H3. The van der Waals surface area contributed by atoms with E-state index in [2.05, 4.69) is 0 Å². The molecule has 2 heteroatoms. The molecule has 2 nitrogen and oxygen atoms in total. The van der Waals surface area contributed by atoms with E-state index in [9.17, 15) is 10.2 Å². The van der Waals surface area contributed by atoms with Crippen LogP contribution in [0.25, 0.3) is 0 Å². The number of aliphatic hydroxyl groups excluding tert-OH is 2. The first-order chi connectivity index (χ1) is 4.46. The van der Waals surface area contributed by atoms with E-state index in [4.69, 9.17) is 0 Å². The molecule has 0 aromatic rings. The fraction of sp³-hybridized carbons (Fsp3) is 1.00. The molecule has 0 radical (unpaired) electrons. The fourth-order valence-corrected chi connectivity index (χ4v) is 1.54. The lowest BCUT2D eigenvalue weighted by Crippen LogP contribution is -2.28. The second-order valence-corrected chi connectivity index (χ2v) is 3.93. The first kappa shape index (κ1) is 8.02. The lowest BCUT2D eigenvalue weighted by molar-refractivity contribution is 0.0544. The van der Waals surface area contributed by atoms with Gasteiger partial charge in [0.2, 0.25) is 0 Å². The van der Waals surface area contributed by atoms with E-state index < -0.39 is 0 Å². The van der Waals surface area contributed by atoms with E-state index in [1.165, 1.54) is 0 Å². The second-order valence-electron chi connectivity index (χ2n) is 3.93. The number of hydrogen-bond donors (Lipinski definition) is 2. The Morgan fingerprint density at radius 1 is 1.30 bits per heavy atom. The highest BCUT2D eigenvalue weighted by Crippen LogP contribution is 2.42. The predicted molar refractivity (Wildman–Crippen MR) is 39.6 cm³/mol. The first-order valence-corrected chi connectivity index (χ1v) is 3.82. The summed E-state index contributed by atoms with van der Waals surface area (Å²) in [4.78, 5) is 0. The third-order valence-electron chi connectivity index (χ3n) is 3.07. The van der Waals surface area contributed by atoms with Crippen molar-refractivity contribution in [1.82, 2.24) is 0 Å². The van der Waals surface area contributed by atoms with Gasteiger partial charge in [-0.25, -0.2) is 0 Å². The molecule has 1 aliphatic carbocycles. The zero-order chi connectivity index (χ0) is 7.94. The Labute approximate surface area is 61.9 Å². The molecule has 1 aliphatic rings. The maximum Gasteiger partial charge on any atom is 0.0619 e. The van der Waals surface area contributed by atoms with Crippen LogP contribution < -0.4 is 0 Å². The molecule has 0 bridgehead atoms. The van der Waals surface area contributed by atoms with Gasteiger partial charge in [-0.05, 0) is 11.3 Å². The van der Waals surface area contributed by atoms with E-state index in [-0.39, 0.29) is 23.5 Å². The van der Waals surface area contributed by atoms with E-state index in [1.54, 1.807) is 0 Å². The third kappa shape index (κ3) is 0.956. The van der Waals surface area contributed by atoms with Crippen LogP contribution in [0.4, 0.5) is 0 Å². The minimum atomic E-state index is -0.336.